The maximum Gasteiger partial charge on any atom is 0.317 e. The van der Waals surface area contributed by atoms with Crippen LogP contribution in [-0.2, 0) is 25.9 Å². The van der Waals surface area contributed by atoms with Gasteiger partial charge in [0.1, 0.15) is 6.10 Å². The maximum absolute atomic E-state index is 11.1. The van der Waals surface area contributed by atoms with Crippen molar-refractivity contribution in [1.29, 1.82) is 0 Å². The van der Waals surface area contributed by atoms with Crippen molar-refractivity contribution >= 4 is 48.3 Å². The first-order valence-electron chi connectivity index (χ1n) is 12.4. The van der Waals surface area contributed by atoms with Gasteiger partial charge in [0, 0.05) is 13.2 Å². The number of carbonyl (C=O) groups excluding carboxylic acids is 1. The number of hydrogen-bond donors (Lipinski definition) is 2. The highest BCUT2D eigenvalue weighted by Gasteiger charge is 2.48. The van der Waals surface area contributed by atoms with Crippen molar-refractivity contribution in [3.05, 3.63) is 0 Å². The molecule has 1 aliphatic heterocycles. The van der Waals surface area contributed by atoms with Crippen molar-refractivity contribution in [2.75, 3.05) is 26.4 Å². The molecule has 34 heavy (non-hydrogen) atoms. The summed E-state index contributed by atoms with van der Waals surface area (Å²) in [6.07, 6.45) is 1.88. The molecule has 0 aliphatic carbocycles. The summed E-state index contributed by atoms with van der Waals surface area (Å²) in [4.78, 5) is 11.1. The third-order valence-electron chi connectivity index (χ3n) is 4.70. The monoisotopic (exact) mass is 570 g/mol. The Balaban J connectivity index is 2.97. The van der Waals surface area contributed by atoms with Crippen LogP contribution in [0, 0.1) is 0 Å². The molecule has 3 unspecified atom stereocenters. The quantitative estimate of drug-likeness (QED) is 0.142. The third kappa shape index (κ3) is 16.0. The average Bonchev–Trinajstić information content (AvgIpc) is 3.37. The molecule has 0 radical (unpaired) electrons. The minimum Gasteiger partial charge on any atom is -0.437 e. The molecule has 1 rings (SSSR count). The Labute approximate surface area is 212 Å². The summed E-state index contributed by atoms with van der Waals surface area (Å²) in [6.45, 7) is 24.3. The lowest BCUT2D eigenvalue weighted by molar-refractivity contribution is 0.115. The van der Waals surface area contributed by atoms with Crippen molar-refractivity contribution in [1.82, 2.24) is 5.32 Å². The van der Waals surface area contributed by atoms with E-state index in [2.05, 4.69) is 70.8 Å². The Bertz CT molecular complexity index is 644. The molecule has 1 aliphatic rings. The summed E-state index contributed by atoms with van der Waals surface area (Å²) in [6, 6.07) is 1.05. The molecule has 0 bridgehead atoms. The first-order chi connectivity index (χ1) is 15.3. The maximum atomic E-state index is 11.1. The number of urea groups is 1. The Morgan fingerprint density at radius 3 is 1.88 bits per heavy atom. The van der Waals surface area contributed by atoms with E-state index in [-0.39, 0.29) is 6.10 Å². The van der Waals surface area contributed by atoms with Gasteiger partial charge < -0.3 is 37.0 Å². The number of nitrogens with two attached hydrogens (primary N) is 1. The minimum atomic E-state index is -2.70. The van der Waals surface area contributed by atoms with Crippen LogP contribution in [0.1, 0.15) is 12.8 Å². The predicted octanol–water partition coefficient (Wildman–Crippen LogP) is 4.43. The molecule has 3 atom stereocenters. The second kappa shape index (κ2) is 13.1. The molecule has 0 aromatic heterocycles. The van der Waals surface area contributed by atoms with Crippen LogP contribution in [0.15, 0.2) is 0 Å². The summed E-state index contributed by atoms with van der Waals surface area (Å²) in [5.74, 6) is 0. The number of ether oxygens (including phenoxy) is 2. The molecule has 1 saturated heterocycles. The fourth-order valence-corrected chi connectivity index (χ4v) is 27.9. The van der Waals surface area contributed by atoms with E-state index in [1.54, 1.807) is 0 Å². The van der Waals surface area contributed by atoms with Gasteiger partial charge in [-0.05, 0) is 90.4 Å². The first-order valence-corrected chi connectivity index (χ1v) is 27.0. The second-order valence-electron chi connectivity index (χ2n) is 11.8. The molecule has 3 N–H and O–H groups in total. The van der Waals surface area contributed by atoms with Crippen LogP contribution >= 0.6 is 0 Å². The van der Waals surface area contributed by atoms with E-state index in [4.69, 9.17) is 31.7 Å². The Kier molecular flexibility index (Phi) is 12.4. The van der Waals surface area contributed by atoms with E-state index in [1.165, 1.54) is 0 Å². The summed E-state index contributed by atoms with van der Waals surface area (Å²) in [7, 11) is -11.4. The normalized spacial score (nSPS) is 20.5. The van der Waals surface area contributed by atoms with Crippen molar-refractivity contribution in [3.63, 3.8) is 0 Å². The second-order valence-corrected chi connectivity index (χ2v) is 31.9. The van der Waals surface area contributed by atoms with Gasteiger partial charge in [0.15, 0.2) is 16.6 Å². The van der Waals surface area contributed by atoms with Crippen LogP contribution in [0.4, 0.5) is 4.79 Å². The van der Waals surface area contributed by atoms with Gasteiger partial charge in [-0.1, -0.05) is 0 Å². The van der Waals surface area contributed by atoms with Crippen LogP contribution in [0.5, 0.6) is 0 Å². The smallest absolute Gasteiger partial charge is 0.317 e. The lowest BCUT2D eigenvalue weighted by Crippen LogP contribution is -2.60. The predicted molar refractivity (Wildman–Crippen MR) is 149 cm³/mol. The van der Waals surface area contributed by atoms with Crippen LogP contribution in [0.2, 0.25) is 77.6 Å². The molecule has 0 saturated carbocycles. The van der Waals surface area contributed by atoms with Gasteiger partial charge in [-0.2, -0.15) is 0 Å². The van der Waals surface area contributed by atoms with Gasteiger partial charge in [0.05, 0.1) is 13.2 Å². The van der Waals surface area contributed by atoms with Crippen LogP contribution in [-0.4, -0.2) is 80.8 Å². The average molecular weight is 571 g/mol. The molecule has 2 amide bonds. The van der Waals surface area contributed by atoms with Gasteiger partial charge in [0.2, 0.25) is 0 Å². The van der Waals surface area contributed by atoms with Crippen molar-refractivity contribution in [3.8, 4) is 0 Å². The van der Waals surface area contributed by atoms with Crippen molar-refractivity contribution < 1.29 is 30.7 Å². The topological polar surface area (TPSA) is 114 Å². The van der Waals surface area contributed by atoms with Crippen LogP contribution in [0.25, 0.3) is 0 Å². The molecule has 0 aromatic carbocycles. The SMILES string of the molecule is C[Si](C)(C)O[Si](C)(C)O[Si](C)(CCCNC(N)=O)O[Si](C)(CCCOCC1CO1)O[Si](C)(C)C. The zero-order chi connectivity index (χ0) is 26.3. The molecular weight excluding hydrogens is 521 g/mol. The fourth-order valence-electron chi connectivity index (χ4n) is 4.12. The highest BCUT2D eigenvalue weighted by Crippen LogP contribution is 2.31. The van der Waals surface area contributed by atoms with Gasteiger partial charge in [-0.15, -0.1) is 0 Å². The first kappa shape index (κ1) is 32.1. The zero-order valence-corrected chi connectivity index (χ0v) is 28.2. The molecule has 9 nitrogen and oxygen atoms in total. The highest BCUT2D eigenvalue weighted by atomic mass is 28.5. The van der Waals surface area contributed by atoms with Gasteiger partial charge in [0.25, 0.3) is 0 Å². The summed E-state index contributed by atoms with van der Waals surface area (Å²) in [5, 5.41) is 2.68. The van der Waals surface area contributed by atoms with E-state index >= 15 is 0 Å². The molecule has 0 spiro atoms. The number of rotatable bonds is 18. The Morgan fingerprint density at radius 2 is 1.38 bits per heavy atom. The van der Waals surface area contributed by atoms with E-state index < -0.39 is 48.3 Å². The zero-order valence-electron chi connectivity index (χ0n) is 23.2. The van der Waals surface area contributed by atoms with E-state index in [0.29, 0.717) is 19.8 Å². The number of carbonyl (C=O) groups is 1. The lowest BCUT2D eigenvalue weighted by Gasteiger charge is -2.44. The fraction of sp³-hybridized carbons (Fsp3) is 0.950. The standard InChI is InChI=1S/C20H50N2O7Si5/c1-30(2,3)26-32(7,8)28-34(10,15-11-13-22-20(21)23)29-33(9,27-31(4,5)6)16-12-14-24-17-19-18-25-19/h19H,11-18H2,1-10H3,(H3,21,22,23). The molecule has 14 heteroatoms. The van der Waals surface area contributed by atoms with Gasteiger partial charge in [-0.3, -0.25) is 0 Å². The summed E-state index contributed by atoms with van der Waals surface area (Å²) in [5.41, 5.74) is 5.25. The van der Waals surface area contributed by atoms with E-state index in [1.807, 2.05) is 0 Å². The number of primary amides is 1. The van der Waals surface area contributed by atoms with E-state index in [0.717, 1.165) is 31.5 Å². The Morgan fingerprint density at radius 1 is 0.853 bits per heavy atom. The van der Waals surface area contributed by atoms with Crippen LogP contribution < -0.4 is 11.1 Å². The lowest BCUT2D eigenvalue weighted by atomic mass is 10.5. The summed E-state index contributed by atoms with van der Waals surface area (Å²) < 4.78 is 38.1. The molecule has 202 valence electrons. The molecular formula is C20H50N2O7Si5. The van der Waals surface area contributed by atoms with Gasteiger partial charge >= 0.3 is 31.7 Å². The number of nitrogens with one attached hydrogen (secondary N) is 1. The van der Waals surface area contributed by atoms with Crippen molar-refractivity contribution in [2.24, 2.45) is 5.73 Å². The minimum absolute atomic E-state index is 0.273. The molecule has 0 aromatic rings. The highest BCUT2D eigenvalue weighted by molar-refractivity contribution is 6.90. The molecule has 1 heterocycles. The number of amides is 2. The third-order valence-corrected chi connectivity index (χ3v) is 23.0. The Hall–Kier alpha value is 0.114. The number of hydrogen-bond acceptors (Lipinski definition) is 7. The van der Waals surface area contributed by atoms with Crippen LogP contribution in [0.3, 0.4) is 0 Å². The summed E-state index contributed by atoms with van der Waals surface area (Å²) >= 11 is 0. The molecule has 1 fully saturated rings. The van der Waals surface area contributed by atoms with Gasteiger partial charge in [-0.25, -0.2) is 4.79 Å². The largest absolute Gasteiger partial charge is 0.437 e. The van der Waals surface area contributed by atoms with E-state index in [9.17, 15) is 4.79 Å². The number of epoxide rings is 1. The van der Waals surface area contributed by atoms with Crippen molar-refractivity contribution in [2.45, 2.75) is 96.5 Å².